The number of carbonyl (C=O) groups excluding carboxylic acids is 2. The van der Waals surface area contributed by atoms with Gasteiger partial charge in [0, 0.05) is 33.6 Å². The van der Waals surface area contributed by atoms with Crippen LogP contribution in [-0.4, -0.2) is 62.7 Å². The molecule has 92 valence electrons. The SMILES string of the molecule is CC(=O)NCC(=O)N(C)CC1CNCCO1. The van der Waals surface area contributed by atoms with Gasteiger partial charge in [-0.15, -0.1) is 0 Å². The highest BCUT2D eigenvalue weighted by atomic mass is 16.5. The molecule has 2 amide bonds. The zero-order valence-corrected chi connectivity index (χ0v) is 9.78. The van der Waals surface area contributed by atoms with Gasteiger partial charge in [0.2, 0.25) is 11.8 Å². The molecule has 0 radical (unpaired) electrons. The van der Waals surface area contributed by atoms with Gasteiger partial charge in [-0.1, -0.05) is 0 Å². The Labute approximate surface area is 95.3 Å². The third-order valence-electron chi connectivity index (χ3n) is 2.40. The third-order valence-corrected chi connectivity index (χ3v) is 2.40. The predicted octanol–water partition coefficient (Wildman–Crippen LogP) is -1.43. The van der Waals surface area contributed by atoms with Crippen LogP contribution in [0.15, 0.2) is 0 Å². The number of morpholine rings is 1. The first-order valence-corrected chi connectivity index (χ1v) is 5.40. The number of carbonyl (C=O) groups is 2. The molecule has 6 heteroatoms. The highest BCUT2D eigenvalue weighted by molar-refractivity contribution is 5.83. The number of ether oxygens (including phenoxy) is 1. The lowest BCUT2D eigenvalue weighted by molar-refractivity contribution is -0.133. The van der Waals surface area contributed by atoms with Crippen LogP contribution in [0.25, 0.3) is 0 Å². The highest BCUT2D eigenvalue weighted by Gasteiger charge is 2.18. The van der Waals surface area contributed by atoms with E-state index in [1.54, 1.807) is 11.9 Å². The Bertz CT molecular complexity index is 252. The minimum atomic E-state index is -0.197. The lowest BCUT2D eigenvalue weighted by Crippen LogP contribution is -2.47. The molecule has 0 aromatic heterocycles. The van der Waals surface area contributed by atoms with Crippen LogP contribution in [0, 0.1) is 0 Å². The maximum Gasteiger partial charge on any atom is 0.241 e. The van der Waals surface area contributed by atoms with E-state index in [1.807, 2.05) is 0 Å². The average molecular weight is 229 g/mol. The summed E-state index contributed by atoms with van der Waals surface area (Å²) in [5, 5.41) is 5.67. The number of likely N-dealkylation sites (N-methyl/N-ethyl adjacent to an activating group) is 1. The Morgan fingerprint density at radius 1 is 1.56 bits per heavy atom. The van der Waals surface area contributed by atoms with Crippen molar-refractivity contribution in [2.45, 2.75) is 13.0 Å². The van der Waals surface area contributed by atoms with Crippen LogP contribution in [0.5, 0.6) is 0 Å². The molecule has 0 aliphatic carbocycles. The number of hydrogen-bond donors (Lipinski definition) is 2. The molecule has 0 spiro atoms. The number of nitrogens with one attached hydrogen (secondary N) is 2. The molecule has 2 N–H and O–H groups in total. The first-order chi connectivity index (χ1) is 7.59. The Morgan fingerprint density at radius 3 is 2.88 bits per heavy atom. The molecule has 0 bridgehead atoms. The second-order valence-electron chi connectivity index (χ2n) is 3.88. The normalized spacial score (nSPS) is 20.2. The average Bonchev–Trinajstić information content (AvgIpc) is 2.27. The van der Waals surface area contributed by atoms with Gasteiger partial charge in [-0.25, -0.2) is 0 Å². The summed E-state index contributed by atoms with van der Waals surface area (Å²) in [6, 6.07) is 0. The minimum absolute atomic E-state index is 0.0417. The van der Waals surface area contributed by atoms with Crippen molar-refractivity contribution in [1.29, 1.82) is 0 Å². The fourth-order valence-corrected chi connectivity index (χ4v) is 1.48. The summed E-state index contributed by atoms with van der Waals surface area (Å²) in [4.78, 5) is 23.8. The van der Waals surface area contributed by atoms with Gasteiger partial charge in [-0.3, -0.25) is 9.59 Å². The topological polar surface area (TPSA) is 70.7 Å². The summed E-state index contributed by atoms with van der Waals surface area (Å²) in [6.45, 7) is 4.29. The smallest absolute Gasteiger partial charge is 0.241 e. The summed E-state index contributed by atoms with van der Waals surface area (Å²) >= 11 is 0. The van der Waals surface area contributed by atoms with Gasteiger partial charge in [-0.05, 0) is 0 Å². The number of nitrogens with zero attached hydrogens (tertiary/aromatic N) is 1. The molecule has 1 unspecified atom stereocenters. The first kappa shape index (κ1) is 12.9. The van der Waals surface area contributed by atoms with Gasteiger partial charge in [0.05, 0.1) is 19.3 Å². The van der Waals surface area contributed by atoms with Crippen LogP contribution >= 0.6 is 0 Å². The van der Waals surface area contributed by atoms with E-state index in [-0.39, 0.29) is 24.5 Å². The largest absolute Gasteiger partial charge is 0.374 e. The van der Waals surface area contributed by atoms with E-state index < -0.39 is 0 Å². The monoisotopic (exact) mass is 229 g/mol. The van der Waals surface area contributed by atoms with Gasteiger partial charge in [0.15, 0.2) is 0 Å². The Hall–Kier alpha value is -1.14. The van der Waals surface area contributed by atoms with Crippen LogP contribution in [0.3, 0.4) is 0 Å². The van der Waals surface area contributed by atoms with E-state index in [1.165, 1.54) is 6.92 Å². The van der Waals surface area contributed by atoms with Gasteiger partial charge >= 0.3 is 0 Å². The molecule has 1 saturated heterocycles. The van der Waals surface area contributed by atoms with Gasteiger partial charge in [0.25, 0.3) is 0 Å². The van der Waals surface area contributed by atoms with Crippen molar-refractivity contribution in [3.05, 3.63) is 0 Å². The lowest BCUT2D eigenvalue weighted by Gasteiger charge is -2.28. The molecule has 1 aliphatic rings. The van der Waals surface area contributed by atoms with Crippen molar-refractivity contribution in [3.63, 3.8) is 0 Å². The van der Waals surface area contributed by atoms with Crippen LogP contribution in [0.4, 0.5) is 0 Å². The molecule has 1 fully saturated rings. The number of hydrogen-bond acceptors (Lipinski definition) is 4. The van der Waals surface area contributed by atoms with Crippen molar-refractivity contribution in [3.8, 4) is 0 Å². The Morgan fingerprint density at radius 2 is 2.31 bits per heavy atom. The summed E-state index contributed by atoms with van der Waals surface area (Å²) in [6.07, 6.45) is 0.0417. The third kappa shape index (κ3) is 4.59. The molecule has 1 atom stereocenters. The zero-order valence-electron chi connectivity index (χ0n) is 9.78. The Kier molecular flexibility index (Phi) is 5.21. The summed E-state index contributed by atoms with van der Waals surface area (Å²) in [7, 11) is 1.71. The Balaban J connectivity index is 2.24. The van der Waals surface area contributed by atoms with Crippen molar-refractivity contribution in [2.24, 2.45) is 0 Å². The lowest BCUT2D eigenvalue weighted by atomic mass is 10.3. The molecule has 1 aliphatic heterocycles. The predicted molar refractivity (Wildman–Crippen MR) is 58.9 cm³/mol. The zero-order chi connectivity index (χ0) is 12.0. The fraction of sp³-hybridized carbons (Fsp3) is 0.800. The maximum absolute atomic E-state index is 11.6. The van der Waals surface area contributed by atoms with Gasteiger partial charge in [-0.2, -0.15) is 0 Å². The minimum Gasteiger partial charge on any atom is -0.374 e. The van der Waals surface area contributed by atoms with E-state index in [9.17, 15) is 9.59 Å². The van der Waals surface area contributed by atoms with E-state index >= 15 is 0 Å². The van der Waals surface area contributed by atoms with Gasteiger partial charge in [0.1, 0.15) is 0 Å². The maximum atomic E-state index is 11.6. The molecule has 1 rings (SSSR count). The fourth-order valence-electron chi connectivity index (χ4n) is 1.48. The van der Waals surface area contributed by atoms with Crippen LogP contribution in [0.2, 0.25) is 0 Å². The van der Waals surface area contributed by atoms with E-state index in [2.05, 4.69) is 10.6 Å². The first-order valence-electron chi connectivity index (χ1n) is 5.40. The molecule has 1 heterocycles. The van der Waals surface area contributed by atoms with Gasteiger partial charge < -0.3 is 20.3 Å². The molecule has 16 heavy (non-hydrogen) atoms. The number of amides is 2. The molecular weight excluding hydrogens is 210 g/mol. The molecule has 0 aromatic carbocycles. The van der Waals surface area contributed by atoms with Crippen molar-refractivity contribution in [1.82, 2.24) is 15.5 Å². The standard InChI is InChI=1S/C10H19N3O3/c1-8(14)12-6-10(15)13(2)7-9-5-11-3-4-16-9/h9,11H,3-7H2,1-2H3,(H,12,14). The molecule has 6 nitrogen and oxygen atoms in total. The highest BCUT2D eigenvalue weighted by Crippen LogP contribution is 1.98. The van der Waals surface area contributed by atoms with Crippen molar-refractivity contribution >= 4 is 11.8 Å². The second-order valence-corrected chi connectivity index (χ2v) is 3.88. The summed E-state index contributed by atoms with van der Waals surface area (Å²) in [5.41, 5.74) is 0. The second kappa shape index (κ2) is 6.44. The van der Waals surface area contributed by atoms with E-state index in [0.29, 0.717) is 13.2 Å². The van der Waals surface area contributed by atoms with Crippen molar-refractivity contribution < 1.29 is 14.3 Å². The van der Waals surface area contributed by atoms with Crippen LogP contribution in [-0.2, 0) is 14.3 Å². The quantitative estimate of drug-likeness (QED) is 0.620. The van der Waals surface area contributed by atoms with E-state index in [0.717, 1.165) is 13.1 Å². The summed E-state index contributed by atoms with van der Waals surface area (Å²) in [5.74, 6) is -0.304. The number of rotatable bonds is 4. The van der Waals surface area contributed by atoms with Crippen LogP contribution in [0.1, 0.15) is 6.92 Å². The molecular formula is C10H19N3O3. The van der Waals surface area contributed by atoms with Crippen LogP contribution < -0.4 is 10.6 Å². The van der Waals surface area contributed by atoms with E-state index in [4.69, 9.17) is 4.74 Å². The molecule has 0 aromatic rings. The van der Waals surface area contributed by atoms with Crippen molar-refractivity contribution in [2.75, 3.05) is 39.8 Å². The summed E-state index contributed by atoms with van der Waals surface area (Å²) < 4.78 is 5.48. The molecule has 0 saturated carbocycles.